The molecule has 0 unspecified atom stereocenters. The molecule has 7 heteroatoms. The Hall–Kier alpha value is -2.18. The average Bonchev–Trinajstić information content (AvgIpc) is 2.99. The van der Waals surface area contributed by atoms with Crippen molar-refractivity contribution in [1.82, 2.24) is 30.5 Å². The van der Waals surface area contributed by atoms with Gasteiger partial charge in [-0.25, -0.2) is 0 Å². The summed E-state index contributed by atoms with van der Waals surface area (Å²) in [6.45, 7) is 4.54. The first kappa shape index (κ1) is 12.3. The van der Waals surface area contributed by atoms with E-state index in [0.717, 1.165) is 5.69 Å². The standard InChI is InChI=1S/C11H16N6O/c1-8(2)17-6-4-10(15-17)11(18)12-5-3-9-7-13-16-14-9/h4,6-8H,3,5H2,1-2H3,(H,12,18)(H,13,14,16). The van der Waals surface area contributed by atoms with Crippen LogP contribution in [0, 0.1) is 0 Å². The SMILES string of the molecule is CC(C)n1ccc(C(=O)NCCc2cn[nH]n2)n1. The normalized spacial score (nSPS) is 10.8. The number of H-pyrrole nitrogens is 1. The van der Waals surface area contributed by atoms with Crippen molar-refractivity contribution in [2.24, 2.45) is 0 Å². The van der Waals surface area contributed by atoms with E-state index in [4.69, 9.17) is 0 Å². The molecule has 0 atom stereocenters. The smallest absolute Gasteiger partial charge is 0.271 e. The fraction of sp³-hybridized carbons (Fsp3) is 0.455. The number of amides is 1. The lowest BCUT2D eigenvalue weighted by atomic mass is 10.3. The second-order valence-electron chi connectivity index (χ2n) is 4.24. The van der Waals surface area contributed by atoms with Crippen LogP contribution in [-0.2, 0) is 6.42 Å². The van der Waals surface area contributed by atoms with Crippen molar-refractivity contribution in [1.29, 1.82) is 0 Å². The van der Waals surface area contributed by atoms with Gasteiger partial charge in [-0.15, -0.1) is 0 Å². The van der Waals surface area contributed by atoms with Gasteiger partial charge in [0, 0.05) is 25.2 Å². The maximum absolute atomic E-state index is 11.8. The minimum absolute atomic E-state index is 0.169. The van der Waals surface area contributed by atoms with Crippen LogP contribution in [0.4, 0.5) is 0 Å². The van der Waals surface area contributed by atoms with Crippen molar-refractivity contribution in [2.45, 2.75) is 26.3 Å². The van der Waals surface area contributed by atoms with Gasteiger partial charge in [0.1, 0.15) is 5.69 Å². The number of nitrogens with zero attached hydrogens (tertiary/aromatic N) is 4. The molecule has 0 fully saturated rings. The molecule has 0 aliphatic heterocycles. The molecule has 2 aromatic rings. The number of carbonyl (C=O) groups excluding carboxylic acids is 1. The van der Waals surface area contributed by atoms with Crippen LogP contribution in [0.2, 0.25) is 0 Å². The molecule has 2 rings (SSSR count). The van der Waals surface area contributed by atoms with Crippen LogP contribution in [0.25, 0.3) is 0 Å². The monoisotopic (exact) mass is 248 g/mol. The molecule has 0 saturated carbocycles. The van der Waals surface area contributed by atoms with E-state index < -0.39 is 0 Å². The highest BCUT2D eigenvalue weighted by Crippen LogP contribution is 2.03. The minimum atomic E-state index is -0.169. The number of rotatable bonds is 5. The predicted octanol–water partition coefficient (Wildman–Crippen LogP) is 0.555. The van der Waals surface area contributed by atoms with E-state index in [1.165, 1.54) is 0 Å². The number of carbonyl (C=O) groups is 1. The molecular formula is C11H16N6O. The first-order valence-corrected chi connectivity index (χ1v) is 5.85. The number of hydrogen-bond acceptors (Lipinski definition) is 4. The molecular weight excluding hydrogens is 232 g/mol. The Morgan fingerprint density at radius 1 is 1.56 bits per heavy atom. The van der Waals surface area contributed by atoms with Gasteiger partial charge in [-0.1, -0.05) is 0 Å². The van der Waals surface area contributed by atoms with Crippen LogP contribution in [0.15, 0.2) is 18.5 Å². The highest BCUT2D eigenvalue weighted by atomic mass is 16.1. The molecule has 0 bridgehead atoms. The van der Waals surface area contributed by atoms with Gasteiger partial charge >= 0.3 is 0 Å². The quantitative estimate of drug-likeness (QED) is 0.809. The molecule has 1 amide bonds. The summed E-state index contributed by atoms with van der Waals surface area (Å²) < 4.78 is 1.76. The summed E-state index contributed by atoms with van der Waals surface area (Å²) in [5.74, 6) is -0.169. The van der Waals surface area contributed by atoms with Crippen molar-refractivity contribution >= 4 is 5.91 Å². The maximum atomic E-state index is 11.8. The van der Waals surface area contributed by atoms with Crippen LogP contribution < -0.4 is 5.32 Å². The zero-order valence-corrected chi connectivity index (χ0v) is 10.4. The Morgan fingerprint density at radius 2 is 2.39 bits per heavy atom. The summed E-state index contributed by atoms with van der Waals surface area (Å²) in [6.07, 6.45) is 4.09. The molecule has 0 aliphatic carbocycles. The number of aromatic amines is 1. The van der Waals surface area contributed by atoms with E-state index in [1.807, 2.05) is 13.8 Å². The van der Waals surface area contributed by atoms with Crippen LogP contribution in [0.1, 0.15) is 36.1 Å². The van der Waals surface area contributed by atoms with Crippen LogP contribution >= 0.6 is 0 Å². The summed E-state index contributed by atoms with van der Waals surface area (Å²) in [4.78, 5) is 11.8. The van der Waals surface area contributed by atoms with Crippen molar-refractivity contribution in [3.63, 3.8) is 0 Å². The zero-order valence-electron chi connectivity index (χ0n) is 10.4. The first-order valence-electron chi connectivity index (χ1n) is 5.85. The molecule has 2 heterocycles. The van der Waals surface area contributed by atoms with Crippen LogP contribution in [0.5, 0.6) is 0 Å². The summed E-state index contributed by atoms with van der Waals surface area (Å²) in [6, 6.07) is 1.97. The summed E-state index contributed by atoms with van der Waals surface area (Å²) in [5.41, 5.74) is 1.26. The maximum Gasteiger partial charge on any atom is 0.271 e. The van der Waals surface area contributed by atoms with Crippen LogP contribution in [0.3, 0.4) is 0 Å². The largest absolute Gasteiger partial charge is 0.350 e. The third-order valence-electron chi connectivity index (χ3n) is 2.50. The summed E-state index contributed by atoms with van der Waals surface area (Å²) >= 11 is 0. The predicted molar refractivity (Wildman–Crippen MR) is 65.0 cm³/mol. The van der Waals surface area contributed by atoms with E-state index in [9.17, 15) is 4.79 Å². The van der Waals surface area contributed by atoms with Crippen molar-refractivity contribution in [2.75, 3.05) is 6.54 Å². The summed E-state index contributed by atoms with van der Waals surface area (Å²) in [7, 11) is 0. The molecule has 96 valence electrons. The minimum Gasteiger partial charge on any atom is -0.350 e. The third kappa shape index (κ3) is 2.93. The second-order valence-corrected chi connectivity index (χ2v) is 4.24. The third-order valence-corrected chi connectivity index (χ3v) is 2.50. The molecule has 0 aromatic carbocycles. The number of aromatic nitrogens is 5. The Bertz CT molecular complexity index is 501. The Morgan fingerprint density at radius 3 is 3.00 bits per heavy atom. The lowest BCUT2D eigenvalue weighted by molar-refractivity contribution is 0.0948. The van der Waals surface area contributed by atoms with E-state index in [1.54, 1.807) is 23.1 Å². The molecule has 18 heavy (non-hydrogen) atoms. The lowest BCUT2D eigenvalue weighted by Crippen LogP contribution is -2.26. The molecule has 0 saturated heterocycles. The van der Waals surface area contributed by atoms with E-state index >= 15 is 0 Å². The fourth-order valence-corrected chi connectivity index (χ4v) is 1.49. The van der Waals surface area contributed by atoms with Gasteiger partial charge in [0.15, 0.2) is 0 Å². The Balaban J connectivity index is 1.83. The first-order chi connectivity index (χ1) is 8.66. The van der Waals surface area contributed by atoms with Gasteiger partial charge in [-0.2, -0.15) is 20.5 Å². The average molecular weight is 248 g/mol. The second kappa shape index (κ2) is 5.44. The Labute approximate surface area is 105 Å². The highest BCUT2D eigenvalue weighted by Gasteiger charge is 2.10. The Kier molecular flexibility index (Phi) is 3.71. The fourth-order valence-electron chi connectivity index (χ4n) is 1.49. The van der Waals surface area contributed by atoms with Gasteiger partial charge in [-0.3, -0.25) is 9.48 Å². The highest BCUT2D eigenvalue weighted by molar-refractivity contribution is 5.92. The lowest BCUT2D eigenvalue weighted by Gasteiger charge is -2.04. The molecule has 2 aromatic heterocycles. The molecule has 2 N–H and O–H groups in total. The molecule has 0 radical (unpaired) electrons. The van der Waals surface area contributed by atoms with Gasteiger partial charge in [0.05, 0.1) is 11.9 Å². The van der Waals surface area contributed by atoms with E-state index in [2.05, 4.69) is 25.8 Å². The molecule has 0 spiro atoms. The number of hydrogen-bond donors (Lipinski definition) is 2. The van der Waals surface area contributed by atoms with Gasteiger partial charge in [0.2, 0.25) is 0 Å². The molecule has 7 nitrogen and oxygen atoms in total. The van der Waals surface area contributed by atoms with E-state index in [-0.39, 0.29) is 11.9 Å². The van der Waals surface area contributed by atoms with Gasteiger partial charge < -0.3 is 5.32 Å². The molecule has 0 aliphatic rings. The van der Waals surface area contributed by atoms with Crippen molar-refractivity contribution in [3.05, 3.63) is 29.8 Å². The van der Waals surface area contributed by atoms with Crippen molar-refractivity contribution < 1.29 is 4.79 Å². The topological polar surface area (TPSA) is 88.5 Å². The van der Waals surface area contributed by atoms with Crippen molar-refractivity contribution in [3.8, 4) is 0 Å². The number of nitrogens with one attached hydrogen (secondary N) is 2. The van der Waals surface area contributed by atoms with E-state index in [0.29, 0.717) is 18.7 Å². The summed E-state index contributed by atoms with van der Waals surface area (Å²) in [5, 5.41) is 17.1. The zero-order chi connectivity index (χ0) is 13.0. The van der Waals surface area contributed by atoms with Gasteiger partial charge in [-0.05, 0) is 19.9 Å². The van der Waals surface area contributed by atoms with Gasteiger partial charge in [0.25, 0.3) is 5.91 Å². The van der Waals surface area contributed by atoms with Crippen LogP contribution in [-0.4, -0.2) is 37.6 Å².